The summed E-state index contributed by atoms with van der Waals surface area (Å²) < 4.78 is 15.9. The number of nitrogens with two attached hydrogens (primary N) is 1. The molecule has 0 saturated heterocycles. The smallest absolute Gasteiger partial charge is 0.164 e. The highest BCUT2D eigenvalue weighted by Gasteiger charge is 2.12. The van der Waals surface area contributed by atoms with Crippen molar-refractivity contribution >= 4 is 15.9 Å². The van der Waals surface area contributed by atoms with E-state index in [9.17, 15) is 4.39 Å². The van der Waals surface area contributed by atoms with Gasteiger partial charge >= 0.3 is 0 Å². The van der Waals surface area contributed by atoms with Gasteiger partial charge in [-0.3, -0.25) is 0 Å². The van der Waals surface area contributed by atoms with Crippen LogP contribution in [0.3, 0.4) is 0 Å². The summed E-state index contributed by atoms with van der Waals surface area (Å²) in [7, 11) is 0. The molecule has 0 unspecified atom stereocenters. The maximum Gasteiger partial charge on any atom is 0.164 e. The minimum atomic E-state index is -0.311. The molecular formula is C11H12BrFN4. The lowest BCUT2D eigenvalue weighted by Crippen LogP contribution is -2.08. The van der Waals surface area contributed by atoms with E-state index in [1.165, 1.54) is 12.1 Å². The van der Waals surface area contributed by atoms with Crippen molar-refractivity contribution in [2.45, 2.75) is 20.0 Å². The maximum atomic E-state index is 13.3. The third-order valence-electron chi connectivity index (χ3n) is 2.45. The van der Waals surface area contributed by atoms with Gasteiger partial charge in [0.15, 0.2) is 5.82 Å². The summed E-state index contributed by atoms with van der Waals surface area (Å²) in [6.07, 6.45) is 0. The number of benzene rings is 1. The lowest BCUT2D eigenvalue weighted by molar-refractivity contribution is 0.626. The van der Waals surface area contributed by atoms with Crippen LogP contribution in [-0.4, -0.2) is 14.8 Å². The molecule has 90 valence electrons. The molecule has 1 aromatic heterocycles. The lowest BCUT2D eigenvalue weighted by atomic mass is 10.2. The first-order valence-corrected chi connectivity index (χ1v) is 6.03. The first-order valence-electron chi connectivity index (χ1n) is 5.24. The second-order valence-corrected chi connectivity index (χ2v) is 4.46. The van der Waals surface area contributed by atoms with Crippen molar-refractivity contribution < 1.29 is 4.39 Å². The molecule has 0 spiro atoms. The molecule has 0 saturated carbocycles. The fraction of sp³-hybridized carbons (Fsp3) is 0.273. The third kappa shape index (κ3) is 2.37. The summed E-state index contributed by atoms with van der Waals surface area (Å²) in [6.45, 7) is 2.99. The molecule has 1 aromatic carbocycles. The van der Waals surface area contributed by atoms with E-state index in [0.29, 0.717) is 34.8 Å². The van der Waals surface area contributed by atoms with Gasteiger partial charge in [-0.25, -0.2) is 4.39 Å². The summed E-state index contributed by atoms with van der Waals surface area (Å²) in [5.41, 5.74) is 6.26. The summed E-state index contributed by atoms with van der Waals surface area (Å²) >= 11 is 3.26. The topological polar surface area (TPSA) is 56.7 Å². The number of hydrogen-bond acceptors (Lipinski definition) is 3. The van der Waals surface area contributed by atoms with Crippen LogP contribution in [0.2, 0.25) is 0 Å². The maximum absolute atomic E-state index is 13.3. The highest BCUT2D eigenvalue weighted by molar-refractivity contribution is 9.10. The van der Waals surface area contributed by atoms with Crippen LogP contribution in [0.5, 0.6) is 0 Å². The standard InChI is InChI=1S/C11H12BrFN4/c1-2-17-10(6-14)15-16-11(17)7-3-8(12)5-9(13)4-7/h3-5H,2,6,14H2,1H3. The zero-order valence-electron chi connectivity index (χ0n) is 9.32. The van der Waals surface area contributed by atoms with Gasteiger partial charge in [-0.15, -0.1) is 10.2 Å². The molecule has 0 radical (unpaired) electrons. The Morgan fingerprint density at radius 1 is 1.35 bits per heavy atom. The molecule has 0 bridgehead atoms. The molecule has 2 rings (SSSR count). The molecule has 0 amide bonds. The first kappa shape index (κ1) is 12.2. The van der Waals surface area contributed by atoms with Crippen LogP contribution in [0, 0.1) is 5.82 Å². The van der Waals surface area contributed by atoms with E-state index in [0.717, 1.165) is 0 Å². The predicted molar refractivity (Wildman–Crippen MR) is 66.7 cm³/mol. The molecule has 17 heavy (non-hydrogen) atoms. The van der Waals surface area contributed by atoms with Crippen molar-refractivity contribution in [3.8, 4) is 11.4 Å². The molecule has 1 heterocycles. The van der Waals surface area contributed by atoms with Crippen LogP contribution >= 0.6 is 15.9 Å². The Labute approximate surface area is 107 Å². The fourth-order valence-corrected chi connectivity index (χ4v) is 2.18. The molecule has 2 aromatic rings. The van der Waals surface area contributed by atoms with Crippen molar-refractivity contribution in [3.05, 3.63) is 34.3 Å². The zero-order valence-corrected chi connectivity index (χ0v) is 10.9. The minimum absolute atomic E-state index is 0.311. The Bertz CT molecular complexity index is 518. The van der Waals surface area contributed by atoms with E-state index >= 15 is 0 Å². The van der Waals surface area contributed by atoms with Crippen molar-refractivity contribution in [3.63, 3.8) is 0 Å². The molecule has 0 aliphatic carbocycles. The van der Waals surface area contributed by atoms with Crippen molar-refractivity contribution in [2.75, 3.05) is 0 Å². The van der Waals surface area contributed by atoms with Crippen molar-refractivity contribution in [1.29, 1.82) is 0 Å². The highest BCUT2D eigenvalue weighted by Crippen LogP contribution is 2.23. The Morgan fingerprint density at radius 2 is 2.12 bits per heavy atom. The minimum Gasteiger partial charge on any atom is -0.324 e. The second kappa shape index (κ2) is 4.93. The largest absolute Gasteiger partial charge is 0.324 e. The zero-order chi connectivity index (χ0) is 12.4. The molecule has 0 aliphatic heterocycles. The van der Waals surface area contributed by atoms with Crippen molar-refractivity contribution in [1.82, 2.24) is 14.8 Å². The van der Waals surface area contributed by atoms with Gasteiger partial charge in [-0.1, -0.05) is 15.9 Å². The summed E-state index contributed by atoms with van der Waals surface area (Å²) in [5, 5.41) is 8.05. The molecule has 4 nitrogen and oxygen atoms in total. The number of rotatable bonds is 3. The van der Waals surface area contributed by atoms with Gasteiger partial charge in [0.25, 0.3) is 0 Å². The normalized spacial score (nSPS) is 10.8. The van der Waals surface area contributed by atoms with E-state index < -0.39 is 0 Å². The van der Waals surface area contributed by atoms with E-state index in [2.05, 4.69) is 26.1 Å². The number of halogens is 2. The van der Waals surface area contributed by atoms with E-state index in [1.54, 1.807) is 6.07 Å². The molecule has 0 fully saturated rings. The second-order valence-electron chi connectivity index (χ2n) is 3.55. The number of nitrogens with zero attached hydrogens (tertiary/aromatic N) is 3. The van der Waals surface area contributed by atoms with Crippen LogP contribution in [0.4, 0.5) is 4.39 Å². The Morgan fingerprint density at radius 3 is 2.71 bits per heavy atom. The van der Waals surface area contributed by atoms with Crippen LogP contribution in [-0.2, 0) is 13.1 Å². The van der Waals surface area contributed by atoms with E-state index in [-0.39, 0.29) is 5.82 Å². The van der Waals surface area contributed by atoms with Gasteiger partial charge in [0.2, 0.25) is 0 Å². The van der Waals surface area contributed by atoms with Crippen LogP contribution < -0.4 is 5.73 Å². The van der Waals surface area contributed by atoms with Crippen molar-refractivity contribution in [2.24, 2.45) is 5.73 Å². The molecule has 6 heteroatoms. The lowest BCUT2D eigenvalue weighted by Gasteiger charge is -2.06. The van der Waals surface area contributed by atoms with Crippen LogP contribution in [0.1, 0.15) is 12.7 Å². The monoisotopic (exact) mass is 298 g/mol. The fourth-order valence-electron chi connectivity index (χ4n) is 1.72. The molecule has 0 atom stereocenters. The van der Waals surface area contributed by atoms with Gasteiger partial charge in [0.05, 0.1) is 6.54 Å². The summed E-state index contributed by atoms with van der Waals surface area (Å²) in [4.78, 5) is 0. The average Bonchev–Trinajstić information content (AvgIpc) is 2.70. The third-order valence-corrected chi connectivity index (χ3v) is 2.90. The predicted octanol–water partition coefficient (Wildman–Crippen LogP) is 2.33. The van der Waals surface area contributed by atoms with Gasteiger partial charge in [-0.2, -0.15) is 0 Å². The quantitative estimate of drug-likeness (QED) is 0.946. The Hall–Kier alpha value is -1.27. The summed E-state index contributed by atoms with van der Waals surface area (Å²) in [6, 6.07) is 4.64. The number of hydrogen-bond donors (Lipinski definition) is 1. The van der Waals surface area contributed by atoms with E-state index in [1.807, 2.05) is 11.5 Å². The average molecular weight is 299 g/mol. The Kier molecular flexibility index (Phi) is 3.54. The van der Waals surface area contributed by atoms with Gasteiger partial charge < -0.3 is 10.3 Å². The highest BCUT2D eigenvalue weighted by atomic mass is 79.9. The Balaban J connectivity index is 2.55. The van der Waals surface area contributed by atoms with Crippen LogP contribution in [0.15, 0.2) is 22.7 Å². The SMILES string of the molecule is CCn1c(CN)nnc1-c1cc(F)cc(Br)c1. The van der Waals surface area contributed by atoms with Gasteiger partial charge in [0, 0.05) is 16.6 Å². The molecule has 0 aliphatic rings. The molecule has 2 N–H and O–H groups in total. The van der Waals surface area contributed by atoms with Crippen LogP contribution in [0.25, 0.3) is 11.4 Å². The van der Waals surface area contributed by atoms with E-state index in [4.69, 9.17) is 5.73 Å². The molecular weight excluding hydrogens is 287 g/mol. The van der Waals surface area contributed by atoms with Gasteiger partial charge in [-0.05, 0) is 25.1 Å². The number of aromatic nitrogens is 3. The first-order chi connectivity index (χ1) is 8.15. The van der Waals surface area contributed by atoms with Gasteiger partial charge in [0.1, 0.15) is 11.6 Å². The summed E-state index contributed by atoms with van der Waals surface area (Å²) in [5.74, 6) is 1.02.